The van der Waals surface area contributed by atoms with Gasteiger partial charge in [0.2, 0.25) is 0 Å². The number of rotatable bonds is 5. The standard InChI is InChI=1S/C15H20N2S/c1-3-11-5-7-13(8-6-11)14-10-18-15(17-14)12(4-2)9-16/h5-8,10,12H,3-4,9,16H2,1-2H3. The fraction of sp³-hybridized carbons (Fsp3) is 0.400. The molecule has 2 aromatic rings. The highest BCUT2D eigenvalue weighted by Crippen LogP contribution is 2.27. The van der Waals surface area contributed by atoms with Crippen LogP contribution in [0.15, 0.2) is 29.6 Å². The van der Waals surface area contributed by atoms with Crippen LogP contribution in [0.2, 0.25) is 0 Å². The van der Waals surface area contributed by atoms with Crippen molar-refractivity contribution in [1.82, 2.24) is 4.98 Å². The van der Waals surface area contributed by atoms with Gasteiger partial charge in [-0.15, -0.1) is 11.3 Å². The molecule has 1 unspecified atom stereocenters. The van der Waals surface area contributed by atoms with E-state index in [1.165, 1.54) is 11.1 Å². The van der Waals surface area contributed by atoms with Crippen molar-refractivity contribution in [3.8, 4) is 11.3 Å². The normalized spacial score (nSPS) is 12.6. The largest absolute Gasteiger partial charge is 0.330 e. The molecule has 1 atom stereocenters. The van der Waals surface area contributed by atoms with Gasteiger partial charge in [-0.1, -0.05) is 38.1 Å². The number of nitrogens with zero attached hydrogens (tertiary/aromatic N) is 1. The van der Waals surface area contributed by atoms with Gasteiger partial charge in [0.15, 0.2) is 0 Å². The maximum atomic E-state index is 5.77. The SMILES string of the molecule is CCc1ccc(-c2csc(C(CC)CN)n2)cc1. The maximum Gasteiger partial charge on any atom is 0.0976 e. The van der Waals surface area contributed by atoms with Crippen molar-refractivity contribution in [3.63, 3.8) is 0 Å². The van der Waals surface area contributed by atoms with E-state index >= 15 is 0 Å². The molecule has 2 N–H and O–H groups in total. The van der Waals surface area contributed by atoms with Crippen molar-refractivity contribution >= 4 is 11.3 Å². The van der Waals surface area contributed by atoms with Crippen LogP contribution in [0.5, 0.6) is 0 Å². The minimum atomic E-state index is 0.402. The number of hydrogen-bond acceptors (Lipinski definition) is 3. The van der Waals surface area contributed by atoms with Gasteiger partial charge in [-0.3, -0.25) is 0 Å². The smallest absolute Gasteiger partial charge is 0.0976 e. The summed E-state index contributed by atoms with van der Waals surface area (Å²) < 4.78 is 0. The third-order valence-corrected chi connectivity index (χ3v) is 4.31. The van der Waals surface area contributed by atoms with Gasteiger partial charge in [0.25, 0.3) is 0 Å². The second-order valence-electron chi connectivity index (χ2n) is 4.46. The lowest BCUT2D eigenvalue weighted by atomic mass is 10.1. The first-order chi connectivity index (χ1) is 8.78. The topological polar surface area (TPSA) is 38.9 Å². The molecule has 0 aliphatic rings. The molecule has 0 fully saturated rings. The third-order valence-electron chi connectivity index (χ3n) is 3.31. The van der Waals surface area contributed by atoms with Crippen molar-refractivity contribution in [3.05, 3.63) is 40.2 Å². The monoisotopic (exact) mass is 260 g/mol. The van der Waals surface area contributed by atoms with Gasteiger partial charge in [-0.25, -0.2) is 4.98 Å². The molecule has 1 heterocycles. The summed E-state index contributed by atoms with van der Waals surface area (Å²) in [7, 11) is 0. The summed E-state index contributed by atoms with van der Waals surface area (Å²) in [5, 5.41) is 3.30. The van der Waals surface area contributed by atoms with Gasteiger partial charge >= 0.3 is 0 Å². The molecular formula is C15H20N2S. The van der Waals surface area contributed by atoms with Crippen LogP contribution in [0, 0.1) is 0 Å². The first-order valence-corrected chi connectivity index (χ1v) is 7.41. The van der Waals surface area contributed by atoms with E-state index in [2.05, 4.69) is 43.5 Å². The van der Waals surface area contributed by atoms with Gasteiger partial charge in [-0.05, 0) is 18.4 Å². The number of nitrogens with two attached hydrogens (primary N) is 1. The van der Waals surface area contributed by atoms with Crippen LogP contribution in [0.4, 0.5) is 0 Å². The van der Waals surface area contributed by atoms with Crippen molar-refractivity contribution in [1.29, 1.82) is 0 Å². The molecule has 0 bridgehead atoms. The number of thiazole rings is 1. The summed E-state index contributed by atoms with van der Waals surface area (Å²) in [4.78, 5) is 4.72. The van der Waals surface area contributed by atoms with Crippen molar-refractivity contribution in [2.45, 2.75) is 32.6 Å². The molecule has 1 aromatic heterocycles. The number of aromatic nitrogens is 1. The second kappa shape index (κ2) is 6.12. The Morgan fingerprint density at radius 3 is 2.50 bits per heavy atom. The molecule has 96 valence electrons. The fourth-order valence-corrected chi connectivity index (χ4v) is 2.99. The van der Waals surface area contributed by atoms with Gasteiger partial charge in [0.1, 0.15) is 0 Å². The average Bonchev–Trinajstić information content (AvgIpc) is 2.90. The molecular weight excluding hydrogens is 240 g/mol. The van der Waals surface area contributed by atoms with E-state index in [-0.39, 0.29) is 0 Å². The van der Waals surface area contributed by atoms with E-state index < -0.39 is 0 Å². The molecule has 0 spiro atoms. The van der Waals surface area contributed by atoms with Crippen LogP contribution in [0.3, 0.4) is 0 Å². The van der Waals surface area contributed by atoms with Crippen LogP contribution in [-0.2, 0) is 6.42 Å². The summed E-state index contributed by atoms with van der Waals surface area (Å²) in [6.07, 6.45) is 2.13. The van der Waals surface area contributed by atoms with Crippen LogP contribution < -0.4 is 5.73 Å². The molecule has 3 heteroatoms. The van der Waals surface area contributed by atoms with Crippen molar-refractivity contribution in [2.75, 3.05) is 6.54 Å². The van der Waals surface area contributed by atoms with Crippen molar-refractivity contribution < 1.29 is 0 Å². The molecule has 0 saturated carbocycles. The zero-order valence-corrected chi connectivity index (χ0v) is 11.8. The maximum absolute atomic E-state index is 5.77. The van der Waals surface area contributed by atoms with Crippen LogP contribution in [0.1, 0.15) is 36.8 Å². The lowest BCUT2D eigenvalue weighted by Gasteiger charge is -2.07. The Balaban J connectivity index is 2.23. The van der Waals surface area contributed by atoms with Crippen LogP contribution in [-0.4, -0.2) is 11.5 Å². The zero-order valence-electron chi connectivity index (χ0n) is 11.0. The van der Waals surface area contributed by atoms with E-state index in [1.54, 1.807) is 11.3 Å². The Morgan fingerprint density at radius 2 is 1.94 bits per heavy atom. The summed E-state index contributed by atoms with van der Waals surface area (Å²) >= 11 is 1.72. The number of aryl methyl sites for hydroxylation is 1. The van der Waals surface area contributed by atoms with Crippen LogP contribution >= 0.6 is 11.3 Å². The molecule has 0 aliphatic carbocycles. The summed E-state index contributed by atoms with van der Waals surface area (Å²) in [6, 6.07) is 8.66. The Labute approximate surface area is 113 Å². The molecule has 18 heavy (non-hydrogen) atoms. The van der Waals surface area contributed by atoms with E-state index in [0.717, 1.165) is 23.5 Å². The lowest BCUT2D eigenvalue weighted by molar-refractivity contribution is 0.670. The molecule has 2 nitrogen and oxygen atoms in total. The Morgan fingerprint density at radius 1 is 1.22 bits per heavy atom. The third kappa shape index (κ3) is 2.79. The second-order valence-corrected chi connectivity index (χ2v) is 5.35. The quantitative estimate of drug-likeness (QED) is 0.887. The summed E-state index contributed by atoms with van der Waals surface area (Å²) in [5.74, 6) is 0.402. The van der Waals surface area contributed by atoms with Gasteiger partial charge in [-0.2, -0.15) is 0 Å². The number of benzene rings is 1. The fourth-order valence-electron chi connectivity index (χ4n) is 1.96. The van der Waals surface area contributed by atoms with Crippen LogP contribution in [0.25, 0.3) is 11.3 Å². The van der Waals surface area contributed by atoms with Gasteiger partial charge in [0, 0.05) is 23.4 Å². The van der Waals surface area contributed by atoms with E-state index in [9.17, 15) is 0 Å². The first kappa shape index (κ1) is 13.2. The average molecular weight is 260 g/mol. The summed E-state index contributed by atoms with van der Waals surface area (Å²) in [6.45, 7) is 5.01. The molecule has 0 amide bonds. The lowest BCUT2D eigenvalue weighted by Crippen LogP contribution is -2.11. The van der Waals surface area contributed by atoms with Gasteiger partial charge < -0.3 is 5.73 Å². The number of hydrogen-bond donors (Lipinski definition) is 1. The minimum Gasteiger partial charge on any atom is -0.330 e. The predicted molar refractivity (Wildman–Crippen MR) is 79.0 cm³/mol. The van der Waals surface area contributed by atoms with Crippen molar-refractivity contribution in [2.24, 2.45) is 5.73 Å². The van der Waals surface area contributed by atoms with Gasteiger partial charge in [0.05, 0.1) is 10.7 Å². The Kier molecular flexibility index (Phi) is 4.50. The Hall–Kier alpha value is -1.19. The summed E-state index contributed by atoms with van der Waals surface area (Å²) in [5.41, 5.74) is 9.40. The van der Waals surface area contributed by atoms with E-state index in [0.29, 0.717) is 12.5 Å². The molecule has 0 radical (unpaired) electrons. The zero-order chi connectivity index (χ0) is 13.0. The minimum absolute atomic E-state index is 0.402. The predicted octanol–water partition coefficient (Wildman–Crippen LogP) is 3.82. The molecule has 0 saturated heterocycles. The van der Waals surface area contributed by atoms with E-state index in [1.807, 2.05) is 0 Å². The van der Waals surface area contributed by atoms with E-state index in [4.69, 9.17) is 10.7 Å². The molecule has 2 rings (SSSR count). The highest BCUT2D eigenvalue weighted by Gasteiger charge is 2.12. The highest BCUT2D eigenvalue weighted by atomic mass is 32.1. The molecule has 0 aliphatic heterocycles. The Bertz CT molecular complexity index is 483. The molecule has 1 aromatic carbocycles. The first-order valence-electron chi connectivity index (χ1n) is 6.53. The highest BCUT2D eigenvalue weighted by molar-refractivity contribution is 7.10.